The topological polar surface area (TPSA) is 44.1 Å². The molecule has 3 rings (SSSR count). The molecule has 0 saturated heterocycles. The van der Waals surface area contributed by atoms with E-state index in [2.05, 4.69) is 6.07 Å². The maximum Gasteiger partial charge on any atom is 0.141 e. The summed E-state index contributed by atoms with van der Waals surface area (Å²) >= 11 is 0. The van der Waals surface area contributed by atoms with Crippen molar-refractivity contribution < 1.29 is 4.79 Å². The standard InChI is InChI=1S/C18H16N2O/c1-12-8-15(21)9-14-11-20(2)16(10-19)18(17(12)14)13-6-4-3-5-7-13/h3-7,11H,8-9H2,1-2H3. The molecule has 3 heteroatoms. The Kier molecular flexibility index (Phi) is 3.23. The van der Waals surface area contributed by atoms with Gasteiger partial charge in [0.2, 0.25) is 0 Å². The Hall–Kier alpha value is -2.60. The third kappa shape index (κ3) is 2.19. The van der Waals surface area contributed by atoms with Crippen molar-refractivity contribution in [2.75, 3.05) is 7.05 Å². The Bertz CT molecular complexity index is 745. The molecule has 0 saturated carbocycles. The van der Waals surface area contributed by atoms with E-state index >= 15 is 0 Å². The zero-order valence-corrected chi connectivity index (χ0v) is 12.2. The molecule has 1 heterocycles. The van der Waals surface area contributed by atoms with E-state index in [1.54, 1.807) is 0 Å². The van der Waals surface area contributed by atoms with Crippen molar-refractivity contribution >= 4 is 11.4 Å². The first-order chi connectivity index (χ1) is 10.1. The number of rotatable bonds is 1. The number of carbonyl (C=O) groups excluding carboxylic acids is 1. The van der Waals surface area contributed by atoms with Gasteiger partial charge in [0.1, 0.15) is 17.5 Å². The van der Waals surface area contributed by atoms with E-state index in [0.29, 0.717) is 18.5 Å². The summed E-state index contributed by atoms with van der Waals surface area (Å²) in [5.74, 6) is 0.240. The van der Waals surface area contributed by atoms with Crippen LogP contribution in [0.2, 0.25) is 0 Å². The van der Waals surface area contributed by atoms with E-state index in [9.17, 15) is 10.1 Å². The fourth-order valence-electron chi connectivity index (χ4n) is 3.12. The summed E-state index contributed by atoms with van der Waals surface area (Å²) in [6.45, 7) is 1.99. The van der Waals surface area contributed by atoms with Gasteiger partial charge in [0.25, 0.3) is 0 Å². The third-order valence-corrected chi connectivity index (χ3v) is 3.96. The van der Waals surface area contributed by atoms with E-state index in [-0.39, 0.29) is 5.78 Å². The minimum atomic E-state index is 0.240. The number of nitriles is 1. The lowest BCUT2D eigenvalue weighted by Gasteiger charge is -2.31. The molecule has 104 valence electrons. The van der Waals surface area contributed by atoms with Crippen LogP contribution in [-0.4, -0.2) is 17.7 Å². The predicted molar refractivity (Wildman–Crippen MR) is 81.8 cm³/mol. The Labute approximate surface area is 124 Å². The summed E-state index contributed by atoms with van der Waals surface area (Å²) in [6.07, 6.45) is 2.85. The Morgan fingerprint density at radius 2 is 1.86 bits per heavy atom. The maximum absolute atomic E-state index is 11.9. The predicted octanol–water partition coefficient (Wildman–Crippen LogP) is 3.43. The first-order valence-corrected chi connectivity index (χ1v) is 6.97. The molecule has 0 spiro atoms. The molecule has 0 bridgehead atoms. The fourth-order valence-corrected chi connectivity index (χ4v) is 3.12. The van der Waals surface area contributed by atoms with Gasteiger partial charge < -0.3 is 4.90 Å². The van der Waals surface area contributed by atoms with Crippen LogP contribution in [0.3, 0.4) is 0 Å². The molecule has 0 N–H and O–H groups in total. The third-order valence-electron chi connectivity index (χ3n) is 3.96. The molecular weight excluding hydrogens is 260 g/mol. The van der Waals surface area contributed by atoms with E-state index in [1.807, 2.05) is 55.4 Å². The van der Waals surface area contributed by atoms with Crippen LogP contribution in [0.5, 0.6) is 0 Å². The number of hydrogen-bond donors (Lipinski definition) is 0. The molecule has 1 aromatic rings. The average Bonchev–Trinajstić information content (AvgIpc) is 2.46. The highest BCUT2D eigenvalue weighted by molar-refractivity contribution is 5.96. The van der Waals surface area contributed by atoms with Crippen LogP contribution in [-0.2, 0) is 4.79 Å². The van der Waals surface area contributed by atoms with Gasteiger partial charge in [-0.25, -0.2) is 0 Å². The van der Waals surface area contributed by atoms with E-state index in [1.165, 1.54) is 0 Å². The largest absolute Gasteiger partial charge is 0.342 e. The van der Waals surface area contributed by atoms with Crippen molar-refractivity contribution in [1.29, 1.82) is 5.26 Å². The van der Waals surface area contributed by atoms with Crippen molar-refractivity contribution in [3.63, 3.8) is 0 Å². The van der Waals surface area contributed by atoms with Gasteiger partial charge in [0.05, 0.1) is 0 Å². The Morgan fingerprint density at radius 3 is 2.52 bits per heavy atom. The molecule has 0 fully saturated rings. The first kappa shape index (κ1) is 13.4. The number of hydrogen-bond acceptors (Lipinski definition) is 3. The summed E-state index contributed by atoms with van der Waals surface area (Å²) in [6, 6.07) is 12.2. The summed E-state index contributed by atoms with van der Waals surface area (Å²) in [5, 5.41) is 9.55. The highest BCUT2D eigenvalue weighted by Crippen LogP contribution is 2.42. The number of ketones is 1. The number of fused-ring (bicyclic) bond motifs is 1. The molecule has 1 aliphatic carbocycles. The van der Waals surface area contributed by atoms with Crippen LogP contribution in [0.4, 0.5) is 0 Å². The van der Waals surface area contributed by atoms with Crippen LogP contribution < -0.4 is 0 Å². The van der Waals surface area contributed by atoms with Gasteiger partial charge >= 0.3 is 0 Å². The van der Waals surface area contributed by atoms with Crippen LogP contribution in [0.1, 0.15) is 25.3 Å². The Morgan fingerprint density at radius 1 is 1.14 bits per heavy atom. The van der Waals surface area contributed by atoms with Gasteiger partial charge in [0.15, 0.2) is 0 Å². The highest BCUT2D eigenvalue weighted by atomic mass is 16.1. The Balaban J connectivity index is 2.28. The molecule has 0 amide bonds. The van der Waals surface area contributed by atoms with Crippen molar-refractivity contribution in [1.82, 2.24) is 4.90 Å². The van der Waals surface area contributed by atoms with Crippen LogP contribution in [0, 0.1) is 11.3 Å². The molecule has 0 aromatic heterocycles. The first-order valence-electron chi connectivity index (χ1n) is 6.97. The number of benzene rings is 1. The lowest BCUT2D eigenvalue weighted by Crippen LogP contribution is -2.23. The van der Waals surface area contributed by atoms with Gasteiger partial charge in [0, 0.05) is 31.7 Å². The van der Waals surface area contributed by atoms with Crippen LogP contribution in [0.15, 0.2) is 58.9 Å². The van der Waals surface area contributed by atoms with Gasteiger partial charge in [-0.3, -0.25) is 4.79 Å². The smallest absolute Gasteiger partial charge is 0.141 e. The van der Waals surface area contributed by atoms with Crippen molar-refractivity contribution in [3.05, 3.63) is 64.5 Å². The minimum Gasteiger partial charge on any atom is -0.342 e. The van der Waals surface area contributed by atoms with Crippen molar-refractivity contribution in [2.24, 2.45) is 0 Å². The van der Waals surface area contributed by atoms with Crippen molar-refractivity contribution in [3.8, 4) is 6.07 Å². The SMILES string of the molecule is CC1=C2C(=CN(C)C(C#N)=C2c2ccccc2)CC(=O)C1. The molecule has 1 aromatic carbocycles. The van der Waals surface area contributed by atoms with E-state index in [0.717, 1.165) is 27.9 Å². The van der Waals surface area contributed by atoms with Gasteiger partial charge in [-0.1, -0.05) is 35.9 Å². The zero-order chi connectivity index (χ0) is 15.0. The van der Waals surface area contributed by atoms with Crippen molar-refractivity contribution in [2.45, 2.75) is 19.8 Å². The van der Waals surface area contributed by atoms with E-state index in [4.69, 9.17) is 0 Å². The zero-order valence-electron chi connectivity index (χ0n) is 12.2. The van der Waals surface area contributed by atoms with Crippen LogP contribution in [0.25, 0.3) is 5.57 Å². The maximum atomic E-state index is 11.9. The molecule has 21 heavy (non-hydrogen) atoms. The summed E-state index contributed by atoms with van der Waals surface area (Å²) in [5.41, 5.74) is 5.75. The quantitative estimate of drug-likeness (QED) is 0.789. The molecular formula is C18H16N2O. The summed E-state index contributed by atoms with van der Waals surface area (Å²) in [7, 11) is 1.86. The molecule has 0 unspecified atom stereocenters. The molecule has 2 aliphatic rings. The summed E-state index contributed by atoms with van der Waals surface area (Å²) < 4.78 is 0. The molecule has 0 radical (unpaired) electrons. The fraction of sp³-hybridized carbons (Fsp3) is 0.222. The lowest BCUT2D eigenvalue weighted by molar-refractivity contribution is -0.117. The summed E-state index contributed by atoms with van der Waals surface area (Å²) in [4.78, 5) is 13.7. The monoisotopic (exact) mass is 276 g/mol. The molecule has 0 atom stereocenters. The second-order valence-corrected chi connectivity index (χ2v) is 5.51. The second-order valence-electron chi connectivity index (χ2n) is 5.51. The van der Waals surface area contributed by atoms with Gasteiger partial charge in [-0.05, 0) is 23.6 Å². The van der Waals surface area contributed by atoms with Crippen LogP contribution >= 0.6 is 0 Å². The molecule has 1 aliphatic heterocycles. The van der Waals surface area contributed by atoms with E-state index < -0.39 is 0 Å². The highest BCUT2D eigenvalue weighted by Gasteiger charge is 2.30. The number of nitrogens with zero attached hydrogens (tertiary/aromatic N) is 2. The second kappa shape index (κ2) is 5.06. The molecule has 3 nitrogen and oxygen atoms in total. The number of carbonyl (C=O) groups is 1. The van der Waals surface area contributed by atoms with Gasteiger partial charge in [-0.2, -0.15) is 5.26 Å². The average molecular weight is 276 g/mol. The minimum absolute atomic E-state index is 0.240. The number of Topliss-reactive ketones (excluding diaryl/α,β-unsaturated/α-hetero) is 1. The van der Waals surface area contributed by atoms with Gasteiger partial charge in [-0.15, -0.1) is 0 Å². The normalized spacial score (nSPS) is 18.4. The lowest BCUT2D eigenvalue weighted by atomic mass is 9.79. The number of allylic oxidation sites excluding steroid dienone is 5.